The number of nitrogens with one attached hydrogen (secondary N) is 3. The molecule has 0 bridgehead atoms. The monoisotopic (exact) mass is 347 g/mol. The molecule has 0 aliphatic rings. The molecular formula is C17H25N5O3. The van der Waals surface area contributed by atoms with E-state index < -0.39 is 0 Å². The average molecular weight is 347 g/mol. The molecule has 0 atom stereocenters. The van der Waals surface area contributed by atoms with E-state index in [9.17, 15) is 4.79 Å². The molecule has 2 heterocycles. The van der Waals surface area contributed by atoms with Crippen molar-refractivity contribution in [3.63, 3.8) is 0 Å². The normalized spacial score (nSPS) is 11.4. The van der Waals surface area contributed by atoms with Crippen molar-refractivity contribution in [2.45, 2.75) is 33.7 Å². The van der Waals surface area contributed by atoms with Crippen molar-refractivity contribution in [3.05, 3.63) is 41.0 Å². The summed E-state index contributed by atoms with van der Waals surface area (Å²) >= 11 is 0. The van der Waals surface area contributed by atoms with Gasteiger partial charge in [-0.05, 0) is 33.3 Å². The summed E-state index contributed by atoms with van der Waals surface area (Å²) in [6.45, 7) is 7.31. The van der Waals surface area contributed by atoms with Crippen LogP contribution in [0.3, 0.4) is 0 Å². The van der Waals surface area contributed by atoms with Crippen molar-refractivity contribution in [2.24, 2.45) is 4.99 Å². The van der Waals surface area contributed by atoms with Crippen molar-refractivity contribution in [1.82, 2.24) is 20.9 Å². The number of aliphatic imine (C=N–C) groups is 1. The molecule has 0 saturated heterocycles. The summed E-state index contributed by atoms with van der Waals surface area (Å²) in [6.07, 6.45) is 2.27. The van der Waals surface area contributed by atoms with E-state index in [0.29, 0.717) is 37.2 Å². The Bertz CT molecular complexity index is 713. The van der Waals surface area contributed by atoms with Gasteiger partial charge in [0.25, 0.3) is 5.91 Å². The molecule has 3 N–H and O–H groups in total. The zero-order valence-electron chi connectivity index (χ0n) is 15.1. The molecule has 2 aromatic heterocycles. The van der Waals surface area contributed by atoms with Crippen LogP contribution in [-0.2, 0) is 6.54 Å². The SMILES string of the molecule is CN=C(NCCCNC(=O)c1occc1C)NCc1nc(C)c(C)o1. The maximum Gasteiger partial charge on any atom is 0.287 e. The Morgan fingerprint density at radius 2 is 1.96 bits per heavy atom. The predicted molar refractivity (Wildman–Crippen MR) is 94.6 cm³/mol. The molecule has 2 rings (SSSR count). The summed E-state index contributed by atoms with van der Waals surface area (Å²) in [5.74, 6) is 2.27. The van der Waals surface area contributed by atoms with E-state index >= 15 is 0 Å². The molecule has 8 nitrogen and oxygen atoms in total. The van der Waals surface area contributed by atoms with E-state index in [-0.39, 0.29) is 5.91 Å². The minimum atomic E-state index is -0.195. The number of carbonyl (C=O) groups excluding carboxylic acids is 1. The highest BCUT2D eigenvalue weighted by Crippen LogP contribution is 2.08. The number of aryl methyl sites for hydroxylation is 3. The molecule has 0 aliphatic heterocycles. The zero-order valence-corrected chi connectivity index (χ0v) is 15.1. The van der Waals surface area contributed by atoms with Gasteiger partial charge in [0.2, 0.25) is 5.89 Å². The van der Waals surface area contributed by atoms with Gasteiger partial charge in [-0.25, -0.2) is 4.98 Å². The summed E-state index contributed by atoms with van der Waals surface area (Å²) in [5, 5.41) is 9.14. The number of furan rings is 1. The predicted octanol–water partition coefficient (Wildman–Crippen LogP) is 1.68. The molecule has 0 unspecified atom stereocenters. The van der Waals surface area contributed by atoms with Crippen LogP contribution >= 0.6 is 0 Å². The minimum absolute atomic E-state index is 0.195. The second-order valence-electron chi connectivity index (χ2n) is 5.64. The third-order valence-electron chi connectivity index (χ3n) is 3.70. The molecule has 0 aliphatic carbocycles. The van der Waals surface area contributed by atoms with Gasteiger partial charge in [-0.3, -0.25) is 9.79 Å². The fourth-order valence-electron chi connectivity index (χ4n) is 2.18. The number of guanidine groups is 1. The summed E-state index contributed by atoms with van der Waals surface area (Å²) in [7, 11) is 1.70. The molecule has 0 aromatic carbocycles. The van der Waals surface area contributed by atoms with Crippen molar-refractivity contribution < 1.29 is 13.6 Å². The molecule has 0 fully saturated rings. The largest absolute Gasteiger partial charge is 0.459 e. The molecule has 0 spiro atoms. The highest BCUT2D eigenvalue weighted by atomic mass is 16.4. The van der Waals surface area contributed by atoms with Crippen molar-refractivity contribution in [1.29, 1.82) is 0 Å². The zero-order chi connectivity index (χ0) is 18.2. The van der Waals surface area contributed by atoms with Crippen LogP contribution in [0.15, 0.2) is 26.2 Å². The lowest BCUT2D eigenvalue weighted by molar-refractivity contribution is 0.0925. The molecule has 2 aromatic rings. The lowest BCUT2D eigenvalue weighted by atomic mass is 10.2. The number of carbonyl (C=O) groups is 1. The smallest absolute Gasteiger partial charge is 0.287 e. The molecule has 8 heteroatoms. The lowest BCUT2D eigenvalue weighted by Gasteiger charge is -2.10. The van der Waals surface area contributed by atoms with Crippen molar-refractivity contribution in [2.75, 3.05) is 20.1 Å². The Labute approximate surface area is 147 Å². The Kier molecular flexibility index (Phi) is 6.62. The third kappa shape index (κ3) is 5.37. The first-order valence-electron chi connectivity index (χ1n) is 8.21. The standard InChI is InChI=1S/C17H25N5O3/c1-11-6-9-24-15(11)16(23)19-7-5-8-20-17(18-4)21-10-14-22-12(2)13(3)25-14/h6,9H,5,7-8,10H2,1-4H3,(H,19,23)(H2,18,20,21). The highest BCUT2D eigenvalue weighted by Gasteiger charge is 2.11. The Morgan fingerprint density at radius 1 is 1.20 bits per heavy atom. The third-order valence-corrected chi connectivity index (χ3v) is 3.70. The van der Waals surface area contributed by atoms with Gasteiger partial charge in [0.1, 0.15) is 5.76 Å². The Hall–Kier alpha value is -2.77. The van der Waals surface area contributed by atoms with Gasteiger partial charge in [0.15, 0.2) is 11.7 Å². The van der Waals surface area contributed by atoms with Gasteiger partial charge in [-0.15, -0.1) is 0 Å². The van der Waals surface area contributed by atoms with E-state index in [2.05, 4.69) is 25.9 Å². The van der Waals surface area contributed by atoms with E-state index in [1.807, 2.05) is 20.8 Å². The molecule has 0 saturated carbocycles. The lowest BCUT2D eigenvalue weighted by Crippen LogP contribution is -2.38. The molecule has 25 heavy (non-hydrogen) atoms. The average Bonchev–Trinajstić information content (AvgIpc) is 3.15. The van der Waals surface area contributed by atoms with Crippen LogP contribution in [0, 0.1) is 20.8 Å². The fraction of sp³-hybridized carbons (Fsp3) is 0.471. The molecule has 136 valence electrons. The maximum absolute atomic E-state index is 11.9. The van der Waals surface area contributed by atoms with Gasteiger partial charge in [0.05, 0.1) is 18.5 Å². The van der Waals surface area contributed by atoms with Crippen molar-refractivity contribution in [3.8, 4) is 0 Å². The molecule has 1 amide bonds. The van der Waals surface area contributed by atoms with Gasteiger partial charge in [0, 0.05) is 25.7 Å². The summed E-state index contributed by atoms with van der Waals surface area (Å²) in [5.41, 5.74) is 1.72. The number of oxazole rings is 1. The van der Waals surface area contributed by atoms with Crippen LogP contribution in [0.25, 0.3) is 0 Å². The van der Waals surface area contributed by atoms with Crippen LogP contribution in [0.5, 0.6) is 0 Å². The maximum atomic E-state index is 11.9. The van der Waals surface area contributed by atoms with Gasteiger partial charge in [-0.2, -0.15) is 0 Å². The van der Waals surface area contributed by atoms with Crippen LogP contribution in [0.2, 0.25) is 0 Å². The summed E-state index contributed by atoms with van der Waals surface area (Å²) in [6, 6.07) is 1.77. The quantitative estimate of drug-likeness (QED) is 0.400. The first-order valence-corrected chi connectivity index (χ1v) is 8.21. The number of rotatable bonds is 7. The Balaban J connectivity index is 1.64. The summed E-state index contributed by atoms with van der Waals surface area (Å²) in [4.78, 5) is 20.3. The second kappa shape index (κ2) is 8.91. The van der Waals surface area contributed by atoms with E-state index in [4.69, 9.17) is 8.83 Å². The number of nitrogens with zero attached hydrogens (tertiary/aromatic N) is 2. The second-order valence-corrected chi connectivity index (χ2v) is 5.64. The van der Waals surface area contributed by atoms with Gasteiger partial charge < -0.3 is 24.8 Å². The minimum Gasteiger partial charge on any atom is -0.459 e. The Morgan fingerprint density at radius 3 is 2.56 bits per heavy atom. The number of hydrogen-bond donors (Lipinski definition) is 3. The number of aromatic nitrogens is 1. The van der Waals surface area contributed by atoms with E-state index in [0.717, 1.165) is 23.4 Å². The molecule has 0 radical (unpaired) electrons. The topological polar surface area (TPSA) is 105 Å². The van der Waals surface area contributed by atoms with Crippen LogP contribution in [-0.4, -0.2) is 37.0 Å². The first kappa shape index (κ1) is 18.6. The molecular weight excluding hydrogens is 322 g/mol. The number of amides is 1. The van der Waals surface area contributed by atoms with Gasteiger partial charge in [-0.1, -0.05) is 0 Å². The van der Waals surface area contributed by atoms with E-state index in [1.165, 1.54) is 6.26 Å². The fourth-order valence-corrected chi connectivity index (χ4v) is 2.18. The number of hydrogen-bond acceptors (Lipinski definition) is 5. The van der Waals surface area contributed by atoms with Crippen LogP contribution in [0.1, 0.15) is 39.9 Å². The van der Waals surface area contributed by atoms with Crippen LogP contribution in [0.4, 0.5) is 0 Å². The van der Waals surface area contributed by atoms with Crippen molar-refractivity contribution >= 4 is 11.9 Å². The van der Waals surface area contributed by atoms with E-state index in [1.54, 1.807) is 13.1 Å². The first-order chi connectivity index (χ1) is 12.0. The summed E-state index contributed by atoms with van der Waals surface area (Å²) < 4.78 is 10.7. The van der Waals surface area contributed by atoms with Gasteiger partial charge >= 0.3 is 0 Å². The highest BCUT2D eigenvalue weighted by molar-refractivity contribution is 5.92. The van der Waals surface area contributed by atoms with Crippen LogP contribution < -0.4 is 16.0 Å².